The van der Waals surface area contributed by atoms with E-state index in [9.17, 15) is 9.90 Å². The van der Waals surface area contributed by atoms with Gasteiger partial charge in [-0.3, -0.25) is 4.79 Å². The number of hydrogen-bond donors (Lipinski definition) is 1. The lowest BCUT2D eigenvalue weighted by Gasteiger charge is -2.30. The molecule has 0 aromatic carbocycles. The van der Waals surface area contributed by atoms with Crippen molar-refractivity contribution in [2.24, 2.45) is 0 Å². The maximum atomic E-state index is 12.3. The first-order valence-corrected chi connectivity index (χ1v) is 8.04. The molecule has 1 N–H and O–H groups in total. The zero-order chi connectivity index (χ0) is 15.5. The number of nitrogens with zero attached hydrogens (tertiary/aromatic N) is 3. The Morgan fingerprint density at radius 2 is 2.23 bits per heavy atom. The highest BCUT2D eigenvalue weighted by Gasteiger charge is 2.38. The van der Waals surface area contributed by atoms with Crippen molar-refractivity contribution in [3.63, 3.8) is 0 Å². The number of rotatable bonds is 5. The van der Waals surface area contributed by atoms with Crippen LogP contribution in [0.15, 0.2) is 41.7 Å². The van der Waals surface area contributed by atoms with Gasteiger partial charge in [-0.2, -0.15) is 0 Å². The Labute approximate surface area is 131 Å². The summed E-state index contributed by atoms with van der Waals surface area (Å²) in [4.78, 5) is 18.2. The van der Waals surface area contributed by atoms with Crippen LogP contribution in [0.4, 0.5) is 0 Å². The first kappa shape index (κ1) is 14.9. The number of aliphatic hydroxyl groups is 1. The highest BCUT2D eigenvalue weighted by molar-refractivity contribution is 5.95. The minimum absolute atomic E-state index is 0.0319. The van der Waals surface area contributed by atoms with Crippen molar-refractivity contribution < 1.29 is 9.90 Å². The molecule has 1 atom stereocenters. The fourth-order valence-electron chi connectivity index (χ4n) is 3.45. The van der Waals surface area contributed by atoms with Gasteiger partial charge in [-0.15, -0.1) is 0 Å². The summed E-state index contributed by atoms with van der Waals surface area (Å²) in [5.74, 6) is -0.279. The molecule has 1 aromatic rings. The van der Waals surface area contributed by atoms with Crippen molar-refractivity contribution in [3.05, 3.63) is 41.7 Å². The van der Waals surface area contributed by atoms with E-state index in [-0.39, 0.29) is 17.7 Å². The van der Waals surface area contributed by atoms with Crippen LogP contribution >= 0.6 is 0 Å². The molecule has 22 heavy (non-hydrogen) atoms. The molecule has 0 fully saturated rings. The standard InChI is InChI=1S/C17H23N3O2/c1-13-15(14-6-3-2-4-7-14)20(17(22)16(13)21)10-5-9-19-11-8-18-12-19/h6,8,11-12,15,21H,2-5,7,9-10H2,1H3. The summed E-state index contributed by atoms with van der Waals surface area (Å²) in [6, 6.07) is -0.0319. The third-order valence-electron chi connectivity index (χ3n) is 4.61. The molecule has 0 radical (unpaired) electrons. The summed E-state index contributed by atoms with van der Waals surface area (Å²) in [5, 5.41) is 10.1. The molecule has 1 aliphatic heterocycles. The number of aryl methyl sites for hydroxylation is 1. The SMILES string of the molecule is CC1=C(O)C(=O)N(CCCn2ccnc2)C1C1=CCCCC1. The van der Waals surface area contributed by atoms with E-state index in [0.29, 0.717) is 6.54 Å². The van der Waals surface area contributed by atoms with E-state index in [1.54, 1.807) is 12.5 Å². The number of carbonyl (C=O) groups is 1. The van der Waals surface area contributed by atoms with E-state index in [4.69, 9.17) is 0 Å². The molecule has 5 nitrogen and oxygen atoms in total. The lowest BCUT2D eigenvalue weighted by molar-refractivity contribution is -0.129. The number of hydrogen-bond acceptors (Lipinski definition) is 3. The zero-order valence-corrected chi connectivity index (χ0v) is 13.0. The monoisotopic (exact) mass is 301 g/mol. The van der Waals surface area contributed by atoms with Crippen LogP contribution in [-0.4, -0.2) is 38.1 Å². The third kappa shape index (κ3) is 2.80. The normalized spacial score (nSPS) is 22.4. The van der Waals surface area contributed by atoms with Gasteiger partial charge in [0.25, 0.3) is 5.91 Å². The molecule has 1 amide bonds. The van der Waals surface area contributed by atoms with Gasteiger partial charge >= 0.3 is 0 Å². The van der Waals surface area contributed by atoms with Gasteiger partial charge in [-0.25, -0.2) is 4.98 Å². The molecule has 0 saturated carbocycles. The highest BCUT2D eigenvalue weighted by Crippen LogP contribution is 2.34. The van der Waals surface area contributed by atoms with Crippen molar-refractivity contribution in [2.75, 3.05) is 6.54 Å². The maximum Gasteiger partial charge on any atom is 0.289 e. The first-order chi connectivity index (χ1) is 10.7. The first-order valence-electron chi connectivity index (χ1n) is 8.04. The summed E-state index contributed by atoms with van der Waals surface area (Å²) < 4.78 is 2.01. The Kier molecular flexibility index (Phi) is 4.32. The topological polar surface area (TPSA) is 58.4 Å². The third-order valence-corrected chi connectivity index (χ3v) is 4.61. The number of carbonyl (C=O) groups excluding carboxylic acids is 1. The van der Waals surface area contributed by atoms with Crippen LogP contribution in [0.1, 0.15) is 39.0 Å². The number of amides is 1. The molecule has 3 rings (SSSR count). The van der Waals surface area contributed by atoms with Gasteiger partial charge in [0.1, 0.15) is 0 Å². The molecule has 5 heteroatoms. The van der Waals surface area contributed by atoms with Gasteiger partial charge in [-0.1, -0.05) is 6.08 Å². The Bertz CT molecular complexity index is 601. The average molecular weight is 301 g/mol. The molecular weight excluding hydrogens is 278 g/mol. The predicted octanol–water partition coefficient (Wildman–Crippen LogP) is 2.82. The van der Waals surface area contributed by atoms with Crippen molar-refractivity contribution in [3.8, 4) is 0 Å². The fraction of sp³-hybridized carbons (Fsp3) is 0.529. The minimum atomic E-state index is -0.223. The van der Waals surface area contributed by atoms with Gasteiger partial charge < -0.3 is 14.6 Å². The second kappa shape index (κ2) is 6.38. The van der Waals surface area contributed by atoms with Crippen LogP contribution in [0.25, 0.3) is 0 Å². The van der Waals surface area contributed by atoms with Crippen LogP contribution in [-0.2, 0) is 11.3 Å². The zero-order valence-electron chi connectivity index (χ0n) is 13.0. The second-order valence-corrected chi connectivity index (χ2v) is 6.11. The van der Waals surface area contributed by atoms with E-state index in [1.807, 2.05) is 22.6 Å². The van der Waals surface area contributed by atoms with E-state index < -0.39 is 0 Å². The van der Waals surface area contributed by atoms with E-state index in [2.05, 4.69) is 11.1 Å². The Morgan fingerprint density at radius 3 is 2.91 bits per heavy atom. The van der Waals surface area contributed by atoms with E-state index >= 15 is 0 Å². The van der Waals surface area contributed by atoms with Crippen molar-refractivity contribution in [2.45, 2.75) is 51.6 Å². The molecule has 118 valence electrons. The molecular formula is C17H23N3O2. The lowest BCUT2D eigenvalue weighted by Crippen LogP contribution is -2.38. The van der Waals surface area contributed by atoms with Crippen LogP contribution in [0.3, 0.4) is 0 Å². The molecule has 2 heterocycles. The molecule has 1 aromatic heterocycles. The quantitative estimate of drug-likeness (QED) is 0.851. The molecule has 2 aliphatic rings. The summed E-state index contributed by atoms with van der Waals surface area (Å²) in [5.41, 5.74) is 2.10. The lowest BCUT2D eigenvalue weighted by atomic mass is 9.90. The summed E-state index contributed by atoms with van der Waals surface area (Å²) in [6.07, 6.45) is 13.1. The Morgan fingerprint density at radius 1 is 1.36 bits per heavy atom. The van der Waals surface area contributed by atoms with Crippen LogP contribution in [0.2, 0.25) is 0 Å². The molecule has 1 unspecified atom stereocenters. The van der Waals surface area contributed by atoms with Crippen LogP contribution in [0, 0.1) is 0 Å². The fourth-order valence-corrected chi connectivity index (χ4v) is 3.45. The number of aromatic nitrogens is 2. The largest absolute Gasteiger partial charge is 0.503 e. The predicted molar refractivity (Wildman–Crippen MR) is 84.2 cm³/mol. The number of allylic oxidation sites excluding steroid dienone is 1. The summed E-state index contributed by atoms with van der Waals surface area (Å²) in [6.45, 7) is 3.36. The van der Waals surface area contributed by atoms with Crippen molar-refractivity contribution in [1.29, 1.82) is 0 Å². The molecule has 0 bridgehead atoms. The van der Waals surface area contributed by atoms with Crippen molar-refractivity contribution >= 4 is 5.91 Å². The molecule has 1 aliphatic carbocycles. The average Bonchev–Trinajstić information content (AvgIpc) is 3.12. The number of aliphatic hydroxyl groups excluding tert-OH is 1. The van der Waals surface area contributed by atoms with Crippen LogP contribution < -0.4 is 0 Å². The van der Waals surface area contributed by atoms with Gasteiger partial charge in [0.2, 0.25) is 0 Å². The van der Waals surface area contributed by atoms with Crippen molar-refractivity contribution in [1.82, 2.24) is 14.5 Å². The van der Waals surface area contributed by atoms with Gasteiger partial charge in [-0.05, 0) is 44.6 Å². The highest BCUT2D eigenvalue weighted by atomic mass is 16.3. The van der Waals surface area contributed by atoms with Crippen LogP contribution in [0.5, 0.6) is 0 Å². The number of imidazole rings is 1. The van der Waals surface area contributed by atoms with Gasteiger partial charge in [0.05, 0.1) is 12.4 Å². The molecule has 0 spiro atoms. The van der Waals surface area contributed by atoms with E-state index in [0.717, 1.165) is 31.4 Å². The van der Waals surface area contributed by atoms with Gasteiger partial charge in [0, 0.05) is 31.1 Å². The summed E-state index contributed by atoms with van der Waals surface area (Å²) >= 11 is 0. The molecule has 0 saturated heterocycles. The second-order valence-electron chi connectivity index (χ2n) is 6.11. The van der Waals surface area contributed by atoms with Gasteiger partial charge in [0.15, 0.2) is 5.76 Å². The minimum Gasteiger partial charge on any atom is -0.503 e. The Hall–Kier alpha value is -2.04. The van der Waals surface area contributed by atoms with E-state index in [1.165, 1.54) is 18.4 Å². The smallest absolute Gasteiger partial charge is 0.289 e. The maximum absolute atomic E-state index is 12.3. The Balaban J connectivity index is 1.70. The summed E-state index contributed by atoms with van der Waals surface area (Å²) in [7, 11) is 0.